The SMILES string of the molecule is COc1cc(CNC(=O)[C@@H](C)SCc2ccccc2)ccc1O. The van der Waals surface area contributed by atoms with Crippen LogP contribution in [0.3, 0.4) is 0 Å². The Bertz CT molecular complexity index is 646. The Labute approximate surface area is 140 Å². The van der Waals surface area contributed by atoms with E-state index in [1.165, 1.54) is 12.7 Å². The van der Waals surface area contributed by atoms with Crippen molar-refractivity contribution in [2.24, 2.45) is 0 Å². The Hall–Kier alpha value is -2.14. The number of aromatic hydroxyl groups is 1. The summed E-state index contributed by atoms with van der Waals surface area (Å²) in [7, 11) is 1.50. The fourth-order valence-corrected chi connectivity index (χ4v) is 2.91. The highest BCUT2D eigenvalue weighted by atomic mass is 32.2. The minimum Gasteiger partial charge on any atom is -0.504 e. The molecule has 23 heavy (non-hydrogen) atoms. The third kappa shape index (κ3) is 5.21. The number of hydrogen-bond donors (Lipinski definition) is 2. The number of carbonyl (C=O) groups excluding carboxylic acids is 1. The third-order valence-electron chi connectivity index (χ3n) is 3.42. The maximum atomic E-state index is 12.1. The van der Waals surface area contributed by atoms with Gasteiger partial charge in [0.05, 0.1) is 12.4 Å². The van der Waals surface area contributed by atoms with Gasteiger partial charge in [0, 0.05) is 12.3 Å². The van der Waals surface area contributed by atoms with Crippen LogP contribution in [0.1, 0.15) is 18.1 Å². The average molecular weight is 331 g/mol. The van der Waals surface area contributed by atoms with Gasteiger partial charge in [0.1, 0.15) is 0 Å². The lowest BCUT2D eigenvalue weighted by Gasteiger charge is -2.13. The molecule has 2 aromatic rings. The first-order valence-corrected chi connectivity index (χ1v) is 8.44. The molecule has 0 aliphatic carbocycles. The lowest BCUT2D eigenvalue weighted by molar-refractivity contribution is -0.120. The van der Waals surface area contributed by atoms with E-state index in [0.717, 1.165) is 11.3 Å². The lowest BCUT2D eigenvalue weighted by atomic mass is 10.2. The zero-order valence-electron chi connectivity index (χ0n) is 13.3. The number of phenolic OH excluding ortho intramolecular Hbond substituents is 1. The Kier molecular flexibility index (Phi) is 6.35. The van der Waals surface area contributed by atoms with E-state index < -0.39 is 0 Å². The van der Waals surface area contributed by atoms with Crippen molar-refractivity contribution in [3.05, 3.63) is 59.7 Å². The monoisotopic (exact) mass is 331 g/mol. The summed E-state index contributed by atoms with van der Waals surface area (Å²) in [5, 5.41) is 12.3. The number of thioether (sulfide) groups is 1. The van der Waals surface area contributed by atoms with E-state index in [-0.39, 0.29) is 16.9 Å². The van der Waals surface area contributed by atoms with Crippen LogP contribution in [-0.2, 0) is 17.1 Å². The molecular formula is C18H21NO3S. The van der Waals surface area contributed by atoms with Crippen LogP contribution in [0.15, 0.2) is 48.5 Å². The Morgan fingerprint density at radius 1 is 1.22 bits per heavy atom. The van der Waals surface area contributed by atoms with E-state index in [0.29, 0.717) is 12.3 Å². The minimum atomic E-state index is -0.130. The summed E-state index contributed by atoms with van der Waals surface area (Å²) in [5.41, 5.74) is 2.09. The summed E-state index contributed by atoms with van der Waals surface area (Å²) in [6, 6.07) is 15.1. The van der Waals surface area contributed by atoms with Gasteiger partial charge < -0.3 is 15.2 Å². The van der Waals surface area contributed by atoms with Gasteiger partial charge in [-0.25, -0.2) is 0 Å². The van der Waals surface area contributed by atoms with Gasteiger partial charge in [0.15, 0.2) is 11.5 Å². The number of nitrogens with one attached hydrogen (secondary N) is 1. The highest BCUT2D eigenvalue weighted by Crippen LogP contribution is 2.26. The lowest BCUT2D eigenvalue weighted by Crippen LogP contribution is -2.30. The van der Waals surface area contributed by atoms with Gasteiger partial charge in [-0.2, -0.15) is 0 Å². The summed E-state index contributed by atoms with van der Waals surface area (Å²) in [6.45, 7) is 2.31. The normalized spacial score (nSPS) is 11.7. The van der Waals surface area contributed by atoms with Crippen LogP contribution in [0.25, 0.3) is 0 Å². The number of amides is 1. The second-order valence-corrected chi connectivity index (χ2v) is 6.49. The molecule has 122 valence electrons. The molecule has 1 amide bonds. The predicted octanol–water partition coefficient (Wildman–Crippen LogP) is 3.34. The number of benzene rings is 2. The van der Waals surface area contributed by atoms with Gasteiger partial charge in [-0.1, -0.05) is 36.4 Å². The van der Waals surface area contributed by atoms with Crippen molar-refractivity contribution >= 4 is 17.7 Å². The molecule has 2 rings (SSSR count). The zero-order valence-corrected chi connectivity index (χ0v) is 14.1. The second-order valence-electron chi connectivity index (χ2n) is 5.16. The minimum absolute atomic E-state index is 0.00188. The summed E-state index contributed by atoms with van der Waals surface area (Å²) in [5.74, 6) is 1.30. The second kappa shape index (κ2) is 8.48. The van der Waals surface area contributed by atoms with Crippen molar-refractivity contribution in [2.75, 3.05) is 7.11 Å². The first kappa shape index (κ1) is 17.2. The molecule has 4 nitrogen and oxygen atoms in total. The topological polar surface area (TPSA) is 58.6 Å². The van der Waals surface area contributed by atoms with Crippen molar-refractivity contribution < 1.29 is 14.6 Å². The Morgan fingerprint density at radius 3 is 2.65 bits per heavy atom. The van der Waals surface area contributed by atoms with Crippen LogP contribution in [-0.4, -0.2) is 23.4 Å². The number of phenols is 1. The summed E-state index contributed by atoms with van der Waals surface area (Å²) >= 11 is 1.61. The van der Waals surface area contributed by atoms with Gasteiger partial charge in [-0.05, 0) is 30.2 Å². The maximum absolute atomic E-state index is 12.1. The fourth-order valence-electron chi connectivity index (χ4n) is 2.04. The molecule has 0 heterocycles. The van der Waals surface area contributed by atoms with Gasteiger partial charge in [-0.3, -0.25) is 4.79 Å². The van der Waals surface area contributed by atoms with Crippen molar-refractivity contribution in [1.29, 1.82) is 0 Å². The van der Waals surface area contributed by atoms with Crippen molar-refractivity contribution in [3.63, 3.8) is 0 Å². The molecule has 0 aliphatic heterocycles. The largest absolute Gasteiger partial charge is 0.504 e. The van der Waals surface area contributed by atoms with Crippen molar-refractivity contribution in [3.8, 4) is 11.5 Å². The number of methoxy groups -OCH3 is 1. The molecule has 0 unspecified atom stereocenters. The highest BCUT2D eigenvalue weighted by Gasteiger charge is 2.13. The van der Waals surface area contributed by atoms with E-state index in [2.05, 4.69) is 17.4 Å². The summed E-state index contributed by atoms with van der Waals surface area (Å²) in [6.07, 6.45) is 0. The average Bonchev–Trinajstić information content (AvgIpc) is 2.59. The van der Waals surface area contributed by atoms with Crippen LogP contribution < -0.4 is 10.1 Å². The number of ether oxygens (including phenoxy) is 1. The molecular weight excluding hydrogens is 310 g/mol. The van der Waals surface area contributed by atoms with E-state index in [1.54, 1.807) is 30.0 Å². The van der Waals surface area contributed by atoms with Crippen LogP contribution in [0.2, 0.25) is 0 Å². The van der Waals surface area contributed by atoms with Crippen molar-refractivity contribution in [2.45, 2.75) is 24.5 Å². The van der Waals surface area contributed by atoms with E-state index in [1.807, 2.05) is 25.1 Å². The number of hydrogen-bond acceptors (Lipinski definition) is 4. The molecule has 0 saturated carbocycles. The predicted molar refractivity (Wildman–Crippen MR) is 93.7 cm³/mol. The van der Waals surface area contributed by atoms with Crippen LogP contribution in [0.4, 0.5) is 0 Å². The zero-order chi connectivity index (χ0) is 16.7. The number of rotatable bonds is 7. The quantitative estimate of drug-likeness (QED) is 0.817. The molecule has 2 aromatic carbocycles. The first-order chi connectivity index (χ1) is 11.1. The molecule has 0 fully saturated rings. The Morgan fingerprint density at radius 2 is 1.96 bits per heavy atom. The summed E-state index contributed by atoms with van der Waals surface area (Å²) in [4.78, 5) is 12.1. The molecule has 0 spiro atoms. The van der Waals surface area contributed by atoms with Gasteiger partial charge in [-0.15, -0.1) is 11.8 Å². The molecule has 2 N–H and O–H groups in total. The molecule has 0 saturated heterocycles. The molecule has 0 radical (unpaired) electrons. The molecule has 0 aliphatic rings. The molecule has 0 bridgehead atoms. The Balaban J connectivity index is 1.82. The van der Waals surface area contributed by atoms with Gasteiger partial charge in [0.25, 0.3) is 0 Å². The number of carbonyl (C=O) groups is 1. The third-order valence-corrected chi connectivity index (χ3v) is 4.64. The van der Waals surface area contributed by atoms with E-state index in [4.69, 9.17) is 4.74 Å². The molecule has 0 aromatic heterocycles. The molecule has 5 heteroatoms. The van der Waals surface area contributed by atoms with Crippen LogP contribution in [0.5, 0.6) is 11.5 Å². The van der Waals surface area contributed by atoms with Gasteiger partial charge >= 0.3 is 0 Å². The van der Waals surface area contributed by atoms with Crippen LogP contribution >= 0.6 is 11.8 Å². The summed E-state index contributed by atoms with van der Waals surface area (Å²) < 4.78 is 5.06. The highest BCUT2D eigenvalue weighted by molar-refractivity contribution is 7.99. The van der Waals surface area contributed by atoms with E-state index in [9.17, 15) is 9.90 Å². The standard InChI is InChI=1S/C18H21NO3S/c1-13(23-12-14-6-4-3-5-7-14)18(21)19-11-15-8-9-16(20)17(10-15)22-2/h3-10,13,20H,11-12H2,1-2H3,(H,19,21)/t13-/m1/s1. The van der Waals surface area contributed by atoms with Gasteiger partial charge in [0.2, 0.25) is 5.91 Å². The van der Waals surface area contributed by atoms with Crippen molar-refractivity contribution in [1.82, 2.24) is 5.32 Å². The fraction of sp³-hybridized carbons (Fsp3) is 0.278. The first-order valence-electron chi connectivity index (χ1n) is 7.39. The molecule has 1 atom stereocenters. The smallest absolute Gasteiger partial charge is 0.233 e. The van der Waals surface area contributed by atoms with Crippen LogP contribution in [0, 0.1) is 0 Å². The van der Waals surface area contributed by atoms with E-state index >= 15 is 0 Å². The maximum Gasteiger partial charge on any atom is 0.233 e.